The molecule has 1 aliphatic heterocycles. The number of rotatable bonds is 5. The molecule has 1 fully saturated rings. The molecule has 1 aromatic heterocycles. The largest absolute Gasteiger partial charge is 0.462 e. The van der Waals surface area contributed by atoms with Gasteiger partial charge in [-0.05, 0) is 38.9 Å². The molecule has 0 atom stereocenters. The normalized spacial score (nSPS) is 15.8. The number of thiocarbonyl (C=S) groups is 1. The molecule has 0 amide bonds. The lowest BCUT2D eigenvalue weighted by Gasteiger charge is -2.14. The summed E-state index contributed by atoms with van der Waals surface area (Å²) in [5, 5.41) is 0. The smallest absolute Gasteiger partial charge is 0.317 e. The second kappa shape index (κ2) is 6.06. The average Bonchev–Trinajstić information content (AvgIpc) is 2.81. The molecular formula is C12H18N4OS. The van der Waals surface area contributed by atoms with Crippen LogP contribution in [0, 0.1) is 6.92 Å². The second-order valence-corrected chi connectivity index (χ2v) is 4.88. The lowest BCUT2D eigenvalue weighted by atomic mass is 10.3. The van der Waals surface area contributed by atoms with Crippen LogP contribution in [-0.2, 0) is 0 Å². The average molecular weight is 266 g/mol. The minimum absolute atomic E-state index is 0.268. The summed E-state index contributed by atoms with van der Waals surface area (Å²) in [6.45, 7) is 5.71. The Labute approximate surface area is 112 Å². The van der Waals surface area contributed by atoms with Crippen molar-refractivity contribution in [3.8, 4) is 6.01 Å². The number of hydrogen-bond acceptors (Lipinski definition) is 5. The molecule has 1 saturated heterocycles. The molecule has 5 nitrogen and oxygen atoms in total. The molecule has 2 rings (SSSR count). The van der Waals surface area contributed by atoms with E-state index in [4.69, 9.17) is 22.7 Å². The van der Waals surface area contributed by atoms with E-state index in [0.717, 1.165) is 25.3 Å². The minimum atomic E-state index is 0.268. The fourth-order valence-electron chi connectivity index (χ4n) is 2.00. The van der Waals surface area contributed by atoms with Gasteiger partial charge < -0.3 is 10.5 Å². The molecule has 1 aromatic rings. The monoisotopic (exact) mass is 266 g/mol. The molecule has 98 valence electrons. The SMILES string of the molecule is Cc1cc(C(N)=S)nc(OCCN2CCCC2)n1. The lowest BCUT2D eigenvalue weighted by molar-refractivity contribution is 0.225. The molecule has 1 aliphatic rings. The first-order valence-electron chi connectivity index (χ1n) is 6.16. The maximum absolute atomic E-state index is 5.56. The standard InChI is InChI=1S/C12H18N4OS/c1-9-8-10(11(13)18)15-12(14-9)17-7-6-16-4-2-3-5-16/h8H,2-7H2,1H3,(H2,13,18). The van der Waals surface area contributed by atoms with E-state index in [9.17, 15) is 0 Å². The molecule has 0 spiro atoms. The van der Waals surface area contributed by atoms with Crippen molar-refractivity contribution < 1.29 is 4.74 Å². The molecule has 0 unspecified atom stereocenters. The van der Waals surface area contributed by atoms with Crippen molar-refractivity contribution >= 4 is 17.2 Å². The lowest BCUT2D eigenvalue weighted by Crippen LogP contribution is -2.25. The first-order valence-corrected chi connectivity index (χ1v) is 6.56. The number of aromatic nitrogens is 2. The highest BCUT2D eigenvalue weighted by Crippen LogP contribution is 2.09. The maximum Gasteiger partial charge on any atom is 0.317 e. The van der Waals surface area contributed by atoms with Crippen LogP contribution < -0.4 is 10.5 Å². The molecule has 2 heterocycles. The van der Waals surface area contributed by atoms with Crippen molar-refractivity contribution in [1.29, 1.82) is 0 Å². The van der Waals surface area contributed by atoms with Crippen LogP contribution in [-0.4, -0.2) is 46.1 Å². The van der Waals surface area contributed by atoms with Crippen molar-refractivity contribution in [2.45, 2.75) is 19.8 Å². The van der Waals surface area contributed by atoms with Crippen LogP contribution in [0.25, 0.3) is 0 Å². The number of ether oxygens (including phenoxy) is 1. The highest BCUT2D eigenvalue weighted by Gasteiger charge is 2.11. The molecule has 6 heteroatoms. The van der Waals surface area contributed by atoms with Crippen molar-refractivity contribution in [2.24, 2.45) is 5.73 Å². The van der Waals surface area contributed by atoms with Crippen molar-refractivity contribution in [3.05, 3.63) is 17.5 Å². The van der Waals surface area contributed by atoms with Gasteiger partial charge in [0.1, 0.15) is 17.3 Å². The van der Waals surface area contributed by atoms with Crippen LogP contribution in [0.5, 0.6) is 6.01 Å². The molecule has 0 aromatic carbocycles. The molecule has 0 saturated carbocycles. The highest BCUT2D eigenvalue weighted by atomic mass is 32.1. The summed E-state index contributed by atoms with van der Waals surface area (Å²) in [6.07, 6.45) is 2.57. The zero-order valence-corrected chi connectivity index (χ0v) is 11.4. The van der Waals surface area contributed by atoms with Gasteiger partial charge in [-0.3, -0.25) is 4.90 Å². The van der Waals surface area contributed by atoms with Crippen LogP contribution >= 0.6 is 12.2 Å². The summed E-state index contributed by atoms with van der Waals surface area (Å²) < 4.78 is 5.56. The zero-order valence-electron chi connectivity index (χ0n) is 10.6. The van der Waals surface area contributed by atoms with E-state index in [1.54, 1.807) is 6.07 Å². The Balaban J connectivity index is 1.89. The Morgan fingerprint density at radius 1 is 1.44 bits per heavy atom. The molecule has 0 bridgehead atoms. The van der Waals surface area contributed by atoms with Gasteiger partial charge in [-0.1, -0.05) is 12.2 Å². The van der Waals surface area contributed by atoms with Gasteiger partial charge >= 0.3 is 6.01 Å². The van der Waals surface area contributed by atoms with Crippen LogP contribution in [0.1, 0.15) is 24.2 Å². The van der Waals surface area contributed by atoms with Gasteiger partial charge in [-0.2, -0.15) is 4.98 Å². The Hall–Kier alpha value is -1.27. The Morgan fingerprint density at radius 2 is 2.17 bits per heavy atom. The number of nitrogens with zero attached hydrogens (tertiary/aromatic N) is 3. The number of aryl methyl sites for hydroxylation is 1. The van der Waals surface area contributed by atoms with Crippen LogP contribution in [0.15, 0.2) is 6.07 Å². The topological polar surface area (TPSA) is 64.3 Å². The fraction of sp³-hybridized carbons (Fsp3) is 0.583. The van der Waals surface area contributed by atoms with Crippen LogP contribution in [0.4, 0.5) is 0 Å². The van der Waals surface area contributed by atoms with Crippen LogP contribution in [0.2, 0.25) is 0 Å². The number of nitrogens with two attached hydrogens (primary N) is 1. The predicted octanol–water partition coefficient (Wildman–Crippen LogP) is 0.894. The first-order chi connectivity index (χ1) is 8.65. The van der Waals surface area contributed by atoms with E-state index in [1.165, 1.54) is 12.8 Å². The predicted molar refractivity (Wildman–Crippen MR) is 73.8 cm³/mol. The van der Waals surface area contributed by atoms with E-state index in [-0.39, 0.29) is 4.99 Å². The summed E-state index contributed by atoms with van der Waals surface area (Å²) >= 11 is 4.90. The zero-order chi connectivity index (χ0) is 13.0. The van der Waals surface area contributed by atoms with E-state index < -0.39 is 0 Å². The third kappa shape index (κ3) is 3.61. The summed E-state index contributed by atoms with van der Waals surface area (Å²) in [7, 11) is 0. The third-order valence-corrected chi connectivity index (χ3v) is 3.13. The van der Waals surface area contributed by atoms with Gasteiger partial charge in [0, 0.05) is 12.2 Å². The highest BCUT2D eigenvalue weighted by molar-refractivity contribution is 7.80. The Bertz CT molecular complexity index is 432. The number of hydrogen-bond donors (Lipinski definition) is 1. The van der Waals surface area contributed by atoms with Gasteiger partial charge in [0.2, 0.25) is 0 Å². The summed E-state index contributed by atoms with van der Waals surface area (Å²) in [5.41, 5.74) is 6.93. The fourth-order valence-corrected chi connectivity index (χ4v) is 2.11. The maximum atomic E-state index is 5.56. The summed E-state index contributed by atoms with van der Waals surface area (Å²) in [5.74, 6) is 0. The van der Waals surface area contributed by atoms with E-state index in [1.807, 2.05) is 6.92 Å². The van der Waals surface area contributed by atoms with Gasteiger partial charge in [0.15, 0.2) is 0 Å². The quantitative estimate of drug-likeness (QED) is 0.799. The van der Waals surface area contributed by atoms with Crippen molar-refractivity contribution in [3.63, 3.8) is 0 Å². The van der Waals surface area contributed by atoms with Gasteiger partial charge in [-0.25, -0.2) is 4.98 Å². The van der Waals surface area contributed by atoms with E-state index >= 15 is 0 Å². The molecule has 0 radical (unpaired) electrons. The van der Waals surface area contributed by atoms with Crippen molar-refractivity contribution in [2.75, 3.05) is 26.2 Å². The first kappa shape index (κ1) is 13.2. The molecule has 18 heavy (non-hydrogen) atoms. The molecule has 2 N–H and O–H groups in total. The van der Waals surface area contributed by atoms with E-state index in [0.29, 0.717) is 18.3 Å². The van der Waals surface area contributed by atoms with E-state index in [2.05, 4.69) is 14.9 Å². The van der Waals surface area contributed by atoms with Crippen molar-refractivity contribution in [1.82, 2.24) is 14.9 Å². The van der Waals surface area contributed by atoms with Gasteiger partial charge in [-0.15, -0.1) is 0 Å². The third-order valence-electron chi connectivity index (χ3n) is 2.92. The summed E-state index contributed by atoms with van der Waals surface area (Å²) in [4.78, 5) is 11.0. The molecular weight excluding hydrogens is 248 g/mol. The van der Waals surface area contributed by atoms with Gasteiger partial charge in [0.05, 0.1) is 0 Å². The Kier molecular flexibility index (Phi) is 4.43. The number of likely N-dealkylation sites (tertiary alicyclic amines) is 1. The summed E-state index contributed by atoms with van der Waals surface area (Å²) in [6, 6.07) is 2.12. The molecule has 0 aliphatic carbocycles. The second-order valence-electron chi connectivity index (χ2n) is 4.44. The van der Waals surface area contributed by atoms with Gasteiger partial charge in [0.25, 0.3) is 0 Å². The minimum Gasteiger partial charge on any atom is -0.462 e. The Morgan fingerprint density at radius 3 is 2.83 bits per heavy atom. The van der Waals surface area contributed by atoms with Crippen LogP contribution in [0.3, 0.4) is 0 Å².